The predicted molar refractivity (Wildman–Crippen MR) is 90.8 cm³/mol. The van der Waals surface area contributed by atoms with Crippen LogP contribution in [0.3, 0.4) is 0 Å². The van der Waals surface area contributed by atoms with Crippen LogP contribution in [0.5, 0.6) is 11.5 Å². The van der Waals surface area contributed by atoms with E-state index in [1.165, 1.54) is 11.1 Å². The summed E-state index contributed by atoms with van der Waals surface area (Å²) in [5.41, 5.74) is 3.69. The van der Waals surface area contributed by atoms with Crippen molar-refractivity contribution in [2.24, 2.45) is 5.92 Å². The van der Waals surface area contributed by atoms with Crippen molar-refractivity contribution in [2.75, 3.05) is 20.0 Å². The Morgan fingerprint density at radius 3 is 2.95 bits per heavy atom. The van der Waals surface area contributed by atoms with E-state index in [9.17, 15) is 0 Å². The molecule has 1 aromatic heterocycles. The van der Waals surface area contributed by atoms with E-state index in [-0.39, 0.29) is 0 Å². The van der Waals surface area contributed by atoms with Gasteiger partial charge in [0.25, 0.3) is 0 Å². The van der Waals surface area contributed by atoms with Gasteiger partial charge in [0.15, 0.2) is 0 Å². The smallest absolute Gasteiger partial charge is 0.126 e. The van der Waals surface area contributed by atoms with E-state index in [4.69, 9.17) is 9.47 Å². The van der Waals surface area contributed by atoms with Crippen LogP contribution in [0.25, 0.3) is 0 Å². The Morgan fingerprint density at radius 2 is 2.23 bits per heavy atom. The maximum atomic E-state index is 5.90. The van der Waals surface area contributed by atoms with Crippen molar-refractivity contribution in [3.05, 3.63) is 53.3 Å². The molecule has 1 aromatic carbocycles. The lowest BCUT2D eigenvalue weighted by Crippen LogP contribution is -2.23. The molecule has 0 saturated heterocycles. The molecule has 4 heteroatoms. The fourth-order valence-corrected chi connectivity index (χ4v) is 3.30. The Balaban J connectivity index is 1.64. The summed E-state index contributed by atoms with van der Waals surface area (Å²) in [6, 6.07) is 10.4. The second-order valence-electron chi connectivity index (χ2n) is 5.65. The summed E-state index contributed by atoms with van der Waals surface area (Å²) < 4.78 is 11.1. The highest BCUT2D eigenvalue weighted by molar-refractivity contribution is 7.97. The SMILES string of the molecule is COc1ccc2c(c1)OCC(Cc1ccc(CSC)cn1)C2. The Hall–Kier alpha value is -1.68. The molecule has 1 aliphatic heterocycles. The van der Waals surface area contributed by atoms with Gasteiger partial charge < -0.3 is 9.47 Å². The number of hydrogen-bond acceptors (Lipinski definition) is 4. The normalized spacial score (nSPS) is 16.7. The fraction of sp³-hybridized carbons (Fsp3) is 0.389. The maximum absolute atomic E-state index is 5.90. The maximum Gasteiger partial charge on any atom is 0.126 e. The number of rotatable bonds is 5. The third-order valence-corrected chi connectivity index (χ3v) is 4.57. The molecule has 0 aliphatic carbocycles. The summed E-state index contributed by atoms with van der Waals surface area (Å²) in [6.07, 6.45) is 6.10. The molecule has 3 nitrogen and oxygen atoms in total. The van der Waals surface area contributed by atoms with Crippen LogP contribution in [0.15, 0.2) is 36.5 Å². The lowest BCUT2D eigenvalue weighted by Gasteiger charge is -2.25. The van der Waals surface area contributed by atoms with Crippen molar-refractivity contribution >= 4 is 11.8 Å². The van der Waals surface area contributed by atoms with Crippen molar-refractivity contribution in [3.63, 3.8) is 0 Å². The largest absolute Gasteiger partial charge is 0.497 e. The average molecular weight is 315 g/mol. The Kier molecular flexibility index (Phi) is 4.88. The molecule has 0 amide bonds. The molecule has 2 heterocycles. The van der Waals surface area contributed by atoms with E-state index in [1.807, 2.05) is 30.1 Å². The minimum atomic E-state index is 0.486. The Bertz CT molecular complexity index is 627. The number of fused-ring (bicyclic) bond motifs is 1. The van der Waals surface area contributed by atoms with Crippen LogP contribution in [-0.4, -0.2) is 25.0 Å². The second-order valence-corrected chi connectivity index (χ2v) is 6.52. The zero-order valence-corrected chi connectivity index (χ0v) is 13.9. The molecule has 0 spiro atoms. The topological polar surface area (TPSA) is 31.4 Å². The molecular formula is C18H21NO2S. The molecule has 1 atom stereocenters. The van der Waals surface area contributed by atoms with Gasteiger partial charge >= 0.3 is 0 Å². The first-order valence-corrected chi connectivity index (χ1v) is 8.90. The quantitative estimate of drug-likeness (QED) is 0.841. The van der Waals surface area contributed by atoms with Gasteiger partial charge in [-0.25, -0.2) is 0 Å². The van der Waals surface area contributed by atoms with Crippen LogP contribution in [0, 0.1) is 5.92 Å². The fourth-order valence-electron chi connectivity index (χ4n) is 2.80. The molecule has 0 radical (unpaired) electrons. The van der Waals surface area contributed by atoms with E-state index in [2.05, 4.69) is 29.4 Å². The standard InChI is InChI=1S/C18H21NO2S/c1-20-17-6-4-15-7-14(11-21-18(15)9-17)8-16-5-3-13(10-19-16)12-22-2/h3-6,9-10,14H,7-8,11-12H2,1-2H3. The summed E-state index contributed by atoms with van der Waals surface area (Å²) in [4.78, 5) is 4.59. The van der Waals surface area contributed by atoms with Gasteiger partial charge in [-0.2, -0.15) is 11.8 Å². The lowest BCUT2D eigenvalue weighted by atomic mass is 9.92. The summed E-state index contributed by atoms with van der Waals surface area (Å²) in [7, 11) is 1.68. The van der Waals surface area contributed by atoms with Gasteiger partial charge in [0, 0.05) is 29.6 Å². The number of aromatic nitrogens is 1. The van der Waals surface area contributed by atoms with Gasteiger partial charge in [-0.05, 0) is 42.4 Å². The number of pyridine rings is 1. The first kappa shape index (κ1) is 15.2. The van der Waals surface area contributed by atoms with Crippen LogP contribution in [-0.2, 0) is 18.6 Å². The lowest BCUT2D eigenvalue weighted by molar-refractivity contribution is 0.219. The summed E-state index contributed by atoms with van der Waals surface area (Å²) in [6.45, 7) is 0.744. The van der Waals surface area contributed by atoms with Crippen LogP contribution < -0.4 is 9.47 Å². The van der Waals surface area contributed by atoms with Crippen LogP contribution in [0.1, 0.15) is 16.8 Å². The van der Waals surface area contributed by atoms with Gasteiger partial charge in [-0.1, -0.05) is 12.1 Å². The number of benzene rings is 1. The summed E-state index contributed by atoms with van der Waals surface area (Å²) in [5, 5.41) is 0. The number of hydrogen-bond donors (Lipinski definition) is 0. The molecule has 0 bridgehead atoms. The zero-order valence-electron chi connectivity index (χ0n) is 13.0. The molecule has 3 rings (SSSR count). The minimum absolute atomic E-state index is 0.486. The van der Waals surface area contributed by atoms with Gasteiger partial charge in [0.2, 0.25) is 0 Å². The molecule has 1 unspecified atom stereocenters. The third-order valence-electron chi connectivity index (χ3n) is 3.95. The monoisotopic (exact) mass is 315 g/mol. The van der Waals surface area contributed by atoms with Gasteiger partial charge in [0.1, 0.15) is 11.5 Å². The Labute approximate surface area is 136 Å². The van der Waals surface area contributed by atoms with Crippen molar-refractivity contribution in [1.82, 2.24) is 4.98 Å². The molecule has 22 heavy (non-hydrogen) atoms. The molecule has 1 aliphatic rings. The predicted octanol–water partition coefficient (Wildman–Crippen LogP) is 3.75. The first-order valence-electron chi connectivity index (χ1n) is 7.51. The highest BCUT2D eigenvalue weighted by Gasteiger charge is 2.21. The van der Waals surface area contributed by atoms with E-state index in [1.54, 1.807) is 7.11 Å². The summed E-state index contributed by atoms with van der Waals surface area (Å²) >= 11 is 1.82. The van der Waals surface area contributed by atoms with Gasteiger partial charge in [-0.3, -0.25) is 4.98 Å². The Morgan fingerprint density at radius 1 is 1.32 bits per heavy atom. The number of nitrogens with zero attached hydrogens (tertiary/aromatic N) is 1. The van der Waals surface area contributed by atoms with E-state index in [0.717, 1.165) is 42.4 Å². The van der Waals surface area contributed by atoms with E-state index in [0.29, 0.717) is 5.92 Å². The number of thioether (sulfide) groups is 1. The molecular weight excluding hydrogens is 294 g/mol. The molecule has 0 N–H and O–H groups in total. The van der Waals surface area contributed by atoms with Crippen molar-refractivity contribution in [3.8, 4) is 11.5 Å². The molecule has 0 saturated carbocycles. The van der Waals surface area contributed by atoms with Crippen LogP contribution >= 0.6 is 11.8 Å². The van der Waals surface area contributed by atoms with Crippen LogP contribution in [0.2, 0.25) is 0 Å². The average Bonchev–Trinajstić information content (AvgIpc) is 2.56. The molecule has 2 aromatic rings. The van der Waals surface area contributed by atoms with Crippen molar-refractivity contribution < 1.29 is 9.47 Å². The summed E-state index contributed by atoms with van der Waals surface area (Å²) in [5.74, 6) is 3.32. The second kappa shape index (κ2) is 7.05. The highest BCUT2D eigenvalue weighted by atomic mass is 32.2. The van der Waals surface area contributed by atoms with Crippen molar-refractivity contribution in [1.29, 1.82) is 0 Å². The zero-order chi connectivity index (χ0) is 15.4. The van der Waals surface area contributed by atoms with E-state index >= 15 is 0 Å². The van der Waals surface area contributed by atoms with E-state index < -0.39 is 0 Å². The van der Waals surface area contributed by atoms with Gasteiger partial charge in [-0.15, -0.1) is 0 Å². The first-order chi connectivity index (χ1) is 10.8. The van der Waals surface area contributed by atoms with Crippen molar-refractivity contribution in [2.45, 2.75) is 18.6 Å². The number of ether oxygens (including phenoxy) is 2. The highest BCUT2D eigenvalue weighted by Crippen LogP contribution is 2.31. The minimum Gasteiger partial charge on any atom is -0.497 e. The molecule has 0 fully saturated rings. The molecule has 116 valence electrons. The van der Waals surface area contributed by atoms with Gasteiger partial charge in [0.05, 0.1) is 13.7 Å². The third kappa shape index (κ3) is 3.55. The van der Waals surface area contributed by atoms with Crippen LogP contribution in [0.4, 0.5) is 0 Å². The number of methoxy groups -OCH3 is 1.